The van der Waals surface area contributed by atoms with Crippen LogP contribution in [0.3, 0.4) is 0 Å². The summed E-state index contributed by atoms with van der Waals surface area (Å²) in [5, 5.41) is 0. The van der Waals surface area contributed by atoms with Crippen LogP contribution < -0.4 is 9.47 Å². The zero-order valence-electron chi connectivity index (χ0n) is 13.9. The van der Waals surface area contributed by atoms with Crippen LogP contribution in [-0.4, -0.2) is 19.3 Å². The predicted octanol–water partition coefficient (Wildman–Crippen LogP) is 4.90. The van der Waals surface area contributed by atoms with Gasteiger partial charge in [-0.25, -0.2) is 8.78 Å². The molecule has 0 bridgehead atoms. The van der Waals surface area contributed by atoms with Crippen LogP contribution >= 0.6 is 0 Å². The summed E-state index contributed by atoms with van der Waals surface area (Å²) in [5.74, 6) is -5.29. The quantitative estimate of drug-likeness (QED) is 0.411. The standard InChI is InChI=1S/C18H20F4O3/c1-2-24-14-7-8-15(17(22)16(14)21)25-18(23)12-5-3-11(4-6-12)9-13(20)10-19/h7-9,11-12H,2-6,10H2,1H3. The zero-order chi connectivity index (χ0) is 18.4. The molecule has 1 aromatic carbocycles. The van der Waals surface area contributed by atoms with Crippen LogP contribution in [0.1, 0.15) is 32.6 Å². The van der Waals surface area contributed by atoms with Gasteiger partial charge < -0.3 is 9.47 Å². The Kier molecular flexibility index (Phi) is 6.84. The summed E-state index contributed by atoms with van der Waals surface area (Å²) < 4.78 is 62.7. The maximum Gasteiger partial charge on any atom is 0.314 e. The lowest BCUT2D eigenvalue weighted by molar-refractivity contribution is -0.140. The Hall–Kier alpha value is -2.05. The molecule has 0 N–H and O–H groups in total. The summed E-state index contributed by atoms with van der Waals surface area (Å²) in [4.78, 5) is 12.1. The van der Waals surface area contributed by atoms with E-state index in [-0.39, 0.29) is 18.3 Å². The Labute approximate surface area is 143 Å². The van der Waals surface area contributed by atoms with Crippen LogP contribution in [0.25, 0.3) is 0 Å². The lowest BCUT2D eigenvalue weighted by Crippen LogP contribution is -2.25. The minimum Gasteiger partial charge on any atom is -0.491 e. The van der Waals surface area contributed by atoms with Gasteiger partial charge in [0.1, 0.15) is 12.5 Å². The fourth-order valence-corrected chi connectivity index (χ4v) is 2.87. The minimum absolute atomic E-state index is 0.126. The summed E-state index contributed by atoms with van der Waals surface area (Å²) in [6.07, 6.45) is 3.09. The molecule has 0 unspecified atom stereocenters. The first kappa shape index (κ1) is 19.3. The van der Waals surface area contributed by atoms with Crippen molar-refractivity contribution in [3.8, 4) is 11.5 Å². The largest absolute Gasteiger partial charge is 0.491 e. The SMILES string of the molecule is CCOc1ccc(OC(=O)C2CCC(C=C(F)CF)CC2)c(F)c1F. The number of carbonyl (C=O) groups excluding carboxylic acids is 1. The van der Waals surface area contributed by atoms with Gasteiger partial charge in [-0.05, 0) is 56.7 Å². The van der Waals surface area contributed by atoms with Crippen molar-refractivity contribution >= 4 is 5.97 Å². The van der Waals surface area contributed by atoms with Gasteiger partial charge >= 0.3 is 5.97 Å². The van der Waals surface area contributed by atoms with Crippen LogP contribution in [0.4, 0.5) is 17.6 Å². The van der Waals surface area contributed by atoms with E-state index in [1.54, 1.807) is 6.92 Å². The van der Waals surface area contributed by atoms with Crippen LogP contribution in [0.15, 0.2) is 24.0 Å². The molecular formula is C18H20F4O3. The molecule has 0 heterocycles. The number of esters is 1. The van der Waals surface area contributed by atoms with Crippen molar-refractivity contribution < 1.29 is 31.8 Å². The van der Waals surface area contributed by atoms with Crippen molar-refractivity contribution in [1.82, 2.24) is 0 Å². The third-order valence-electron chi connectivity index (χ3n) is 4.17. The van der Waals surface area contributed by atoms with Crippen LogP contribution in [0.2, 0.25) is 0 Å². The third kappa shape index (κ3) is 4.96. The van der Waals surface area contributed by atoms with E-state index < -0.39 is 41.8 Å². The Morgan fingerprint density at radius 2 is 1.76 bits per heavy atom. The first-order valence-corrected chi connectivity index (χ1v) is 8.20. The molecule has 1 aliphatic rings. The average molecular weight is 360 g/mol. The Balaban J connectivity index is 1.96. The van der Waals surface area contributed by atoms with Crippen LogP contribution in [-0.2, 0) is 4.79 Å². The smallest absolute Gasteiger partial charge is 0.314 e. The molecule has 1 saturated carbocycles. The summed E-state index contributed by atoms with van der Waals surface area (Å²) in [7, 11) is 0. The number of ether oxygens (including phenoxy) is 2. The van der Waals surface area contributed by atoms with E-state index in [1.807, 2.05) is 0 Å². The van der Waals surface area contributed by atoms with E-state index in [4.69, 9.17) is 9.47 Å². The molecule has 1 aliphatic carbocycles. The summed E-state index contributed by atoms with van der Waals surface area (Å²) in [6, 6.07) is 2.35. The van der Waals surface area contributed by atoms with E-state index in [0.29, 0.717) is 25.7 Å². The highest BCUT2D eigenvalue weighted by atomic mass is 19.2. The Bertz CT molecular complexity index is 637. The second-order valence-electron chi connectivity index (χ2n) is 5.90. The first-order chi connectivity index (χ1) is 12.0. The average Bonchev–Trinajstić information content (AvgIpc) is 2.62. The normalized spacial score (nSPS) is 21.1. The molecular weight excluding hydrogens is 340 g/mol. The molecule has 0 aliphatic heterocycles. The predicted molar refractivity (Wildman–Crippen MR) is 83.8 cm³/mol. The molecule has 2 rings (SSSR count). The molecule has 7 heteroatoms. The van der Waals surface area contributed by atoms with Crippen molar-refractivity contribution in [2.75, 3.05) is 13.3 Å². The van der Waals surface area contributed by atoms with Gasteiger partial charge in [-0.3, -0.25) is 4.79 Å². The van der Waals surface area contributed by atoms with Crippen molar-refractivity contribution in [3.63, 3.8) is 0 Å². The van der Waals surface area contributed by atoms with Gasteiger partial charge in [0.05, 0.1) is 12.5 Å². The topological polar surface area (TPSA) is 35.5 Å². The minimum atomic E-state index is -1.28. The molecule has 0 amide bonds. The zero-order valence-corrected chi connectivity index (χ0v) is 13.9. The molecule has 3 nitrogen and oxygen atoms in total. The van der Waals surface area contributed by atoms with Crippen molar-refractivity contribution in [3.05, 3.63) is 35.7 Å². The Morgan fingerprint density at radius 3 is 2.36 bits per heavy atom. The van der Waals surface area contributed by atoms with E-state index in [2.05, 4.69) is 0 Å². The fourth-order valence-electron chi connectivity index (χ4n) is 2.87. The van der Waals surface area contributed by atoms with Gasteiger partial charge in [-0.15, -0.1) is 0 Å². The number of rotatable bonds is 6. The summed E-state index contributed by atoms with van der Waals surface area (Å²) in [5.41, 5.74) is 0. The van der Waals surface area contributed by atoms with Gasteiger partial charge in [-0.1, -0.05) is 0 Å². The van der Waals surface area contributed by atoms with E-state index >= 15 is 0 Å². The number of carbonyl (C=O) groups is 1. The molecule has 0 saturated heterocycles. The van der Waals surface area contributed by atoms with E-state index in [0.717, 1.165) is 6.07 Å². The van der Waals surface area contributed by atoms with Crippen molar-refractivity contribution in [2.45, 2.75) is 32.6 Å². The molecule has 0 aromatic heterocycles. The number of allylic oxidation sites excluding steroid dienone is 2. The third-order valence-corrected chi connectivity index (χ3v) is 4.17. The summed E-state index contributed by atoms with van der Waals surface area (Å²) in [6.45, 7) is 0.678. The van der Waals surface area contributed by atoms with Gasteiger partial charge in [0, 0.05) is 0 Å². The highest BCUT2D eigenvalue weighted by molar-refractivity contribution is 5.75. The molecule has 138 valence electrons. The first-order valence-electron chi connectivity index (χ1n) is 8.20. The second kappa shape index (κ2) is 8.87. The molecule has 0 spiro atoms. The lowest BCUT2D eigenvalue weighted by atomic mass is 9.82. The Morgan fingerprint density at radius 1 is 1.16 bits per heavy atom. The highest BCUT2D eigenvalue weighted by Crippen LogP contribution is 2.33. The maximum absolute atomic E-state index is 13.9. The van der Waals surface area contributed by atoms with Gasteiger partial charge in [0.15, 0.2) is 11.5 Å². The van der Waals surface area contributed by atoms with Gasteiger partial charge in [0.2, 0.25) is 11.6 Å². The number of alkyl halides is 1. The number of benzene rings is 1. The van der Waals surface area contributed by atoms with Crippen LogP contribution in [0.5, 0.6) is 11.5 Å². The van der Waals surface area contributed by atoms with Crippen LogP contribution in [0, 0.1) is 23.5 Å². The molecule has 0 radical (unpaired) electrons. The van der Waals surface area contributed by atoms with Crippen molar-refractivity contribution in [1.29, 1.82) is 0 Å². The molecule has 1 aromatic rings. The van der Waals surface area contributed by atoms with Crippen molar-refractivity contribution in [2.24, 2.45) is 11.8 Å². The van der Waals surface area contributed by atoms with E-state index in [9.17, 15) is 22.4 Å². The summed E-state index contributed by atoms with van der Waals surface area (Å²) >= 11 is 0. The highest BCUT2D eigenvalue weighted by Gasteiger charge is 2.28. The monoisotopic (exact) mass is 360 g/mol. The number of hydrogen-bond donors (Lipinski definition) is 0. The maximum atomic E-state index is 13.9. The van der Waals surface area contributed by atoms with Gasteiger partial charge in [0.25, 0.3) is 0 Å². The fraction of sp³-hybridized carbons (Fsp3) is 0.500. The van der Waals surface area contributed by atoms with Gasteiger partial charge in [-0.2, -0.15) is 8.78 Å². The molecule has 25 heavy (non-hydrogen) atoms. The van der Waals surface area contributed by atoms with E-state index in [1.165, 1.54) is 12.1 Å². The second-order valence-corrected chi connectivity index (χ2v) is 5.90. The lowest BCUT2D eigenvalue weighted by Gasteiger charge is -2.25. The molecule has 0 atom stereocenters. The number of halogens is 4. The molecule has 1 fully saturated rings. The number of hydrogen-bond acceptors (Lipinski definition) is 3.